The van der Waals surface area contributed by atoms with Crippen LogP contribution in [0.15, 0.2) is 22.8 Å². The number of carbonyl (C=O) groups is 3. The van der Waals surface area contributed by atoms with E-state index in [1.54, 1.807) is 0 Å². The number of aliphatic carboxylic acids is 1. The summed E-state index contributed by atoms with van der Waals surface area (Å²) in [5.41, 5.74) is -1.26. The van der Waals surface area contributed by atoms with Crippen molar-refractivity contribution in [1.82, 2.24) is 0 Å². The molecule has 9 atom stereocenters. The van der Waals surface area contributed by atoms with E-state index in [1.807, 2.05) is 34.6 Å². The molecule has 4 aliphatic rings. The minimum absolute atomic E-state index is 0.000148. The second-order valence-electron chi connectivity index (χ2n) is 13.7. The monoisotopic (exact) mass is 516 g/mol. The Kier molecular flexibility index (Phi) is 6.74. The normalized spacial score (nSPS) is 43.1. The van der Waals surface area contributed by atoms with Gasteiger partial charge in [0.05, 0.1) is 18.3 Å². The smallest absolute Gasteiger partial charge is 0.331 e. The van der Waals surface area contributed by atoms with Crippen LogP contribution in [-0.4, -0.2) is 56.3 Å². The Morgan fingerprint density at radius 1 is 1.11 bits per heavy atom. The summed E-state index contributed by atoms with van der Waals surface area (Å²) in [5.74, 6) is -1.27. The van der Waals surface area contributed by atoms with E-state index < -0.39 is 45.9 Å². The summed E-state index contributed by atoms with van der Waals surface area (Å²) < 4.78 is 0. The lowest BCUT2D eigenvalue weighted by Gasteiger charge is -2.61. The molecule has 0 aromatic carbocycles. The standard InChI is InChI=1S/C30H44O7/c1-15(10-17(31)11-16(2)26(36)37)18-12-23(35)30(7)25-19(32)13-21-27(3,4)22(34)8-9-28(21,5)24(25)20(33)14-29(18,30)6/h11,15,17-19,21,23,31-32,35H,8-10,12-14H2,1-7H3,(H,36,37)/b16-11+/t15-,17+,18-,19+,21?,23+,28+,29-,30+/m1/s1. The predicted molar refractivity (Wildman–Crippen MR) is 138 cm³/mol. The molecule has 0 saturated heterocycles. The van der Waals surface area contributed by atoms with Gasteiger partial charge in [-0.15, -0.1) is 0 Å². The van der Waals surface area contributed by atoms with Crippen molar-refractivity contribution in [3.05, 3.63) is 22.8 Å². The fraction of sp³-hybridized carbons (Fsp3) is 0.767. The Balaban J connectivity index is 1.77. The van der Waals surface area contributed by atoms with Crippen LogP contribution in [0.3, 0.4) is 0 Å². The zero-order valence-electron chi connectivity index (χ0n) is 23.3. The minimum Gasteiger partial charge on any atom is -0.478 e. The molecule has 1 unspecified atom stereocenters. The van der Waals surface area contributed by atoms with Gasteiger partial charge in [-0.1, -0.05) is 41.5 Å². The van der Waals surface area contributed by atoms with E-state index >= 15 is 0 Å². The number of carboxylic acids is 1. The van der Waals surface area contributed by atoms with Gasteiger partial charge in [0.25, 0.3) is 0 Å². The highest BCUT2D eigenvalue weighted by molar-refractivity contribution is 6.01. The number of aliphatic hydroxyl groups is 3. The number of hydrogen-bond acceptors (Lipinski definition) is 6. The minimum atomic E-state index is -1.08. The van der Waals surface area contributed by atoms with Crippen LogP contribution in [-0.2, 0) is 14.4 Å². The van der Waals surface area contributed by atoms with Gasteiger partial charge in [-0.05, 0) is 67.4 Å². The first-order valence-electron chi connectivity index (χ1n) is 13.7. The first kappa shape index (κ1) is 28.2. The van der Waals surface area contributed by atoms with Crippen LogP contribution in [0, 0.1) is 39.4 Å². The molecule has 0 aromatic rings. The number of fused-ring (bicyclic) bond motifs is 4. The van der Waals surface area contributed by atoms with Crippen molar-refractivity contribution in [2.45, 2.75) is 105 Å². The largest absolute Gasteiger partial charge is 0.478 e. The summed E-state index contributed by atoms with van der Waals surface area (Å²) in [6, 6.07) is 0. The molecule has 0 bridgehead atoms. The van der Waals surface area contributed by atoms with E-state index in [-0.39, 0.29) is 41.3 Å². The average molecular weight is 517 g/mol. The highest BCUT2D eigenvalue weighted by atomic mass is 16.4. The molecule has 4 rings (SSSR count). The van der Waals surface area contributed by atoms with Crippen LogP contribution in [0.4, 0.5) is 0 Å². The van der Waals surface area contributed by atoms with E-state index in [0.717, 1.165) is 0 Å². The van der Waals surface area contributed by atoms with Crippen LogP contribution in [0.1, 0.15) is 87.0 Å². The zero-order chi connectivity index (χ0) is 27.9. The highest BCUT2D eigenvalue weighted by Crippen LogP contribution is 2.71. The lowest BCUT2D eigenvalue weighted by atomic mass is 9.42. The third-order valence-electron chi connectivity index (χ3n) is 11.5. The quantitative estimate of drug-likeness (QED) is 0.408. The Morgan fingerprint density at radius 3 is 2.32 bits per heavy atom. The topological polar surface area (TPSA) is 132 Å². The van der Waals surface area contributed by atoms with Crippen molar-refractivity contribution in [3.63, 3.8) is 0 Å². The summed E-state index contributed by atoms with van der Waals surface area (Å²) in [7, 11) is 0. The second kappa shape index (κ2) is 8.85. The summed E-state index contributed by atoms with van der Waals surface area (Å²) >= 11 is 0. The van der Waals surface area contributed by atoms with Gasteiger partial charge in [-0.3, -0.25) is 9.59 Å². The van der Waals surface area contributed by atoms with Crippen molar-refractivity contribution in [2.75, 3.05) is 0 Å². The number of rotatable bonds is 5. The van der Waals surface area contributed by atoms with Gasteiger partial charge in [-0.2, -0.15) is 0 Å². The van der Waals surface area contributed by atoms with Crippen molar-refractivity contribution in [3.8, 4) is 0 Å². The molecule has 0 radical (unpaired) electrons. The number of hydrogen-bond donors (Lipinski definition) is 4. The molecule has 2 fully saturated rings. The van der Waals surface area contributed by atoms with Crippen molar-refractivity contribution in [2.24, 2.45) is 39.4 Å². The highest BCUT2D eigenvalue weighted by Gasteiger charge is 2.70. The maximum Gasteiger partial charge on any atom is 0.331 e. The molecule has 37 heavy (non-hydrogen) atoms. The molecule has 0 heterocycles. The molecule has 4 N–H and O–H groups in total. The van der Waals surface area contributed by atoms with E-state index in [1.165, 1.54) is 13.0 Å². The van der Waals surface area contributed by atoms with Crippen LogP contribution >= 0.6 is 0 Å². The zero-order valence-corrected chi connectivity index (χ0v) is 23.3. The lowest BCUT2D eigenvalue weighted by Crippen LogP contribution is -2.60. The van der Waals surface area contributed by atoms with Crippen molar-refractivity contribution in [1.29, 1.82) is 0 Å². The molecule has 0 aliphatic heterocycles. The van der Waals surface area contributed by atoms with Gasteiger partial charge in [0.2, 0.25) is 0 Å². The SMILES string of the molecule is C/C(=C\[C@@H](O)C[C@@H](C)[C@H]1C[C@H](O)[C@@]2(C)C3=C(C(=O)C[C@]12C)[C@@]1(C)CCC(=O)C(C)(C)C1C[C@@H]3O)C(=O)O. The van der Waals surface area contributed by atoms with Crippen LogP contribution in [0.2, 0.25) is 0 Å². The molecule has 7 heteroatoms. The van der Waals surface area contributed by atoms with E-state index in [9.17, 15) is 29.7 Å². The van der Waals surface area contributed by atoms with Gasteiger partial charge in [-0.25, -0.2) is 4.79 Å². The van der Waals surface area contributed by atoms with E-state index in [4.69, 9.17) is 5.11 Å². The first-order valence-corrected chi connectivity index (χ1v) is 13.7. The predicted octanol–water partition coefficient (Wildman–Crippen LogP) is 3.84. The molecular formula is C30H44O7. The molecule has 7 nitrogen and oxygen atoms in total. The maximum absolute atomic E-state index is 14.1. The summed E-state index contributed by atoms with van der Waals surface area (Å²) in [5, 5.41) is 43.0. The maximum atomic E-state index is 14.1. The van der Waals surface area contributed by atoms with E-state index in [2.05, 4.69) is 6.92 Å². The average Bonchev–Trinajstić information content (AvgIpc) is 2.99. The second-order valence-corrected chi connectivity index (χ2v) is 13.7. The first-order chi connectivity index (χ1) is 16.9. The number of allylic oxidation sites excluding steroid dienone is 1. The Bertz CT molecular complexity index is 1090. The summed E-state index contributed by atoms with van der Waals surface area (Å²) in [6.45, 7) is 13.4. The van der Waals surface area contributed by atoms with Crippen molar-refractivity contribution >= 4 is 17.5 Å². The molecule has 4 aliphatic carbocycles. The van der Waals surface area contributed by atoms with Crippen LogP contribution in [0.25, 0.3) is 0 Å². The van der Waals surface area contributed by atoms with Crippen LogP contribution in [0.5, 0.6) is 0 Å². The molecular weight excluding hydrogens is 472 g/mol. The summed E-state index contributed by atoms with van der Waals surface area (Å²) in [6.07, 6.45) is 1.04. The van der Waals surface area contributed by atoms with Crippen molar-refractivity contribution < 1.29 is 34.8 Å². The van der Waals surface area contributed by atoms with Gasteiger partial charge >= 0.3 is 5.97 Å². The fourth-order valence-electron chi connectivity index (χ4n) is 9.16. The molecule has 206 valence electrons. The van der Waals surface area contributed by atoms with Crippen LogP contribution < -0.4 is 0 Å². The number of aliphatic hydroxyl groups excluding tert-OH is 3. The third kappa shape index (κ3) is 3.82. The number of carbonyl (C=O) groups excluding carboxylic acids is 2. The number of ketones is 2. The number of carboxylic acid groups (broad SMARTS) is 1. The summed E-state index contributed by atoms with van der Waals surface area (Å²) in [4.78, 5) is 38.1. The molecule has 0 amide bonds. The Hall–Kier alpha value is -1.83. The number of Topliss-reactive ketones (excluding diaryl/α,β-unsaturated/α-hetero) is 2. The Morgan fingerprint density at radius 2 is 1.73 bits per heavy atom. The lowest BCUT2D eigenvalue weighted by molar-refractivity contribution is -0.146. The van der Waals surface area contributed by atoms with Gasteiger partial charge < -0.3 is 20.4 Å². The van der Waals surface area contributed by atoms with Gasteiger partial charge in [0, 0.05) is 40.2 Å². The van der Waals surface area contributed by atoms with Gasteiger partial charge in [0.15, 0.2) is 5.78 Å². The molecule has 0 spiro atoms. The fourth-order valence-corrected chi connectivity index (χ4v) is 9.16. The molecule has 2 saturated carbocycles. The van der Waals surface area contributed by atoms with E-state index in [0.29, 0.717) is 43.3 Å². The molecule has 0 aromatic heterocycles. The van der Waals surface area contributed by atoms with Gasteiger partial charge in [0.1, 0.15) is 5.78 Å². The third-order valence-corrected chi connectivity index (χ3v) is 11.5. The Labute approximate surface area is 220 Å².